The molecule has 0 unspecified atom stereocenters. The monoisotopic (exact) mass is 295 g/mol. The van der Waals surface area contributed by atoms with E-state index in [0.717, 1.165) is 5.46 Å². The molecule has 0 atom stereocenters. The predicted octanol–water partition coefficient (Wildman–Crippen LogP) is 2.35. The van der Waals surface area contributed by atoms with Crippen LogP contribution in [0.15, 0.2) is 24.3 Å². The molecule has 0 saturated carbocycles. The normalized spacial score (nSPS) is 19.6. The minimum atomic E-state index is -1.61. The lowest BCUT2D eigenvalue weighted by atomic mass is 9.78. The summed E-state index contributed by atoms with van der Waals surface area (Å²) in [5.74, 6) is 0. The van der Waals surface area contributed by atoms with Gasteiger partial charge in [-0.3, -0.25) is 0 Å². The Labute approximate surface area is 123 Å². The maximum Gasteiger partial charge on any atom is 0.494 e. The number of hydrogen-bond donors (Lipinski definition) is 1. The average Bonchev–Trinajstić information content (AvgIpc) is 2.58. The Morgan fingerprint density at radius 3 is 2.38 bits per heavy atom. The maximum absolute atomic E-state index is 13.1. The molecule has 1 heterocycles. The maximum atomic E-state index is 13.1. The van der Waals surface area contributed by atoms with Crippen molar-refractivity contribution in [2.24, 2.45) is 0 Å². The lowest BCUT2D eigenvalue weighted by Crippen LogP contribution is -2.41. The van der Waals surface area contributed by atoms with Gasteiger partial charge < -0.3 is 14.4 Å². The quantitative estimate of drug-likeness (QED) is 0.687. The van der Waals surface area contributed by atoms with Crippen molar-refractivity contribution in [3.05, 3.63) is 29.8 Å². The molecule has 114 valence electrons. The molecule has 0 spiro atoms. The largest absolute Gasteiger partial charge is 0.494 e. The molecule has 1 fully saturated rings. The molecule has 0 aliphatic carbocycles. The van der Waals surface area contributed by atoms with Gasteiger partial charge in [-0.2, -0.15) is 0 Å². The van der Waals surface area contributed by atoms with Crippen molar-refractivity contribution in [3.63, 3.8) is 0 Å². The highest BCUT2D eigenvalue weighted by Gasteiger charge is 2.51. The van der Waals surface area contributed by atoms with Gasteiger partial charge in [0.2, 0.25) is 0 Å². The van der Waals surface area contributed by atoms with Crippen molar-refractivity contribution >= 4 is 18.7 Å². The average molecular weight is 295 g/mol. The molecule has 5 nitrogen and oxygen atoms in total. The van der Waals surface area contributed by atoms with E-state index < -0.39 is 24.4 Å². The van der Waals surface area contributed by atoms with Crippen LogP contribution in [-0.4, -0.2) is 34.6 Å². The van der Waals surface area contributed by atoms with Crippen LogP contribution < -0.4 is 5.46 Å². The lowest BCUT2D eigenvalue weighted by Gasteiger charge is -2.32. The molecule has 21 heavy (non-hydrogen) atoms. The summed E-state index contributed by atoms with van der Waals surface area (Å²) in [7, 11) is -0.548. The summed E-state index contributed by atoms with van der Waals surface area (Å²) in [5.41, 5.74) is 0.360. The van der Waals surface area contributed by atoms with E-state index in [0.29, 0.717) is 5.56 Å². The zero-order chi connectivity index (χ0) is 15.8. The topological polar surface area (TPSA) is 59.0 Å². The van der Waals surface area contributed by atoms with Crippen LogP contribution in [0.25, 0.3) is 0 Å². The molecule has 1 aromatic rings. The fraction of sp³-hybridized carbons (Fsp3) is 0.500. The number of amides is 1. The van der Waals surface area contributed by atoms with Gasteiger partial charge >= 0.3 is 13.2 Å². The second kappa shape index (κ2) is 5.31. The lowest BCUT2D eigenvalue weighted by molar-refractivity contribution is 0.00578. The third-order valence-electron chi connectivity index (χ3n) is 4.01. The minimum absolute atomic E-state index is 0.261. The van der Waals surface area contributed by atoms with Crippen LogP contribution in [0.1, 0.15) is 33.3 Å². The molecule has 1 saturated heterocycles. The van der Waals surface area contributed by atoms with E-state index in [2.05, 4.69) is 0 Å². The van der Waals surface area contributed by atoms with Gasteiger partial charge in [0.15, 0.2) is 0 Å². The smallest absolute Gasteiger partial charge is 0.463 e. The molecule has 1 aliphatic rings. The van der Waals surface area contributed by atoms with Gasteiger partial charge in [-0.25, -0.2) is 4.79 Å². The first-order valence-electron chi connectivity index (χ1n) is 6.73. The summed E-state index contributed by atoms with van der Waals surface area (Å²) in [4.78, 5) is 10.5. The van der Waals surface area contributed by atoms with Crippen molar-refractivity contribution in [2.75, 3.05) is 0 Å². The number of halogens is 1. The Morgan fingerprint density at radius 1 is 1.29 bits per heavy atom. The van der Waals surface area contributed by atoms with E-state index in [1.54, 1.807) is 18.2 Å². The van der Waals surface area contributed by atoms with Gasteiger partial charge in [-0.15, -0.1) is 5.12 Å². The molecule has 0 aromatic heterocycles. The van der Waals surface area contributed by atoms with Crippen LogP contribution >= 0.6 is 0 Å². The van der Waals surface area contributed by atoms with Gasteiger partial charge in [0.05, 0.1) is 17.7 Å². The fourth-order valence-corrected chi connectivity index (χ4v) is 2.05. The first-order chi connectivity index (χ1) is 9.62. The number of benzene rings is 1. The Hall–Kier alpha value is -1.60. The number of carbonyl (C=O) groups is 1. The standard InChI is InChI=1S/C14H19BFNO4/c1-13(2)14(3,4)21-15(20-13)11-7-5-6-10(8-11)9-17(16)12(18)19/h5-8H,9H2,1-4H3,(H,18,19). The van der Waals surface area contributed by atoms with Crippen molar-refractivity contribution in [2.45, 2.75) is 45.4 Å². The predicted molar refractivity (Wildman–Crippen MR) is 76.8 cm³/mol. The molecule has 1 amide bonds. The Kier molecular flexibility index (Phi) is 3.99. The number of hydrogen-bond acceptors (Lipinski definition) is 3. The Morgan fingerprint density at radius 2 is 1.86 bits per heavy atom. The fourth-order valence-electron chi connectivity index (χ4n) is 2.05. The van der Waals surface area contributed by atoms with Crippen molar-refractivity contribution in [1.29, 1.82) is 0 Å². The number of carboxylic acid groups (broad SMARTS) is 1. The highest BCUT2D eigenvalue weighted by atomic mass is 19.2. The van der Waals surface area contributed by atoms with Gasteiger partial charge in [0.1, 0.15) is 0 Å². The van der Waals surface area contributed by atoms with Crippen molar-refractivity contribution in [3.8, 4) is 0 Å². The van der Waals surface area contributed by atoms with E-state index >= 15 is 0 Å². The summed E-state index contributed by atoms with van der Waals surface area (Å²) >= 11 is 0. The SMILES string of the molecule is CC1(C)OB(c2cccc(CN(F)C(=O)O)c2)OC1(C)C. The Balaban J connectivity index is 2.17. The van der Waals surface area contributed by atoms with Crippen LogP contribution in [0.2, 0.25) is 0 Å². The van der Waals surface area contributed by atoms with Gasteiger partial charge in [-0.1, -0.05) is 28.7 Å². The first-order valence-corrected chi connectivity index (χ1v) is 6.73. The molecular formula is C14H19BFNO4. The third kappa shape index (κ3) is 3.19. The molecule has 0 bridgehead atoms. The molecule has 1 N–H and O–H groups in total. The summed E-state index contributed by atoms with van der Waals surface area (Å²) in [5, 5.41) is 8.30. The summed E-state index contributed by atoms with van der Waals surface area (Å²) < 4.78 is 25.0. The highest BCUT2D eigenvalue weighted by molar-refractivity contribution is 6.62. The van der Waals surface area contributed by atoms with Gasteiger partial charge in [0.25, 0.3) is 0 Å². The molecule has 7 heteroatoms. The summed E-state index contributed by atoms with van der Waals surface area (Å²) in [6.45, 7) is 7.47. The van der Waals surface area contributed by atoms with E-state index in [9.17, 15) is 9.28 Å². The van der Waals surface area contributed by atoms with E-state index in [4.69, 9.17) is 14.4 Å². The highest BCUT2D eigenvalue weighted by Crippen LogP contribution is 2.36. The van der Waals surface area contributed by atoms with Crippen LogP contribution in [0, 0.1) is 0 Å². The van der Waals surface area contributed by atoms with E-state index in [1.807, 2.05) is 33.8 Å². The Bertz CT molecular complexity index is 534. The molecule has 1 aliphatic heterocycles. The zero-order valence-corrected chi connectivity index (χ0v) is 12.6. The van der Waals surface area contributed by atoms with Crippen molar-refractivity contribution in [1.82, 2.24) is 5.12 Å². The molecule has 1 aromatic carbocycles. The van der Waals surface area contributed by atoms with E-state index in [1.165, 1.54) is 0 Å². The van der Waals surface area contributed by atoms with Gasteiger partial charge in [-0.05, 0) is 38.7 Å². The van der Waals surface area contributed by atoms with Gasteiger partial charge in [0, 0.05) is 0 Å². The van der Waals surface area contributed by atoms with Crippen molar-refractivity contribution < 1.29 is 23.7 Å². The number of rotatable bonds is 3. The molecule has 2 rings (SSSR count). The van der Waals surface area contributed by atoms with Crippen LogP contribution in [0.4, 0.5) is 9.28 Å². The number of nitrogens with zero attached hydrogens (tertiary/aromatic N) is 1. The summed E-state index contributed by atoms with van der Waals surface area (Å²) in [6.07, 6.45) is -1.61. The summed E-state index contributed by atoms with van der Waals surface area (Å²) in [6, 6.07) is 6.89. The third-order valence-corrected chi connectivity index (χ3v) is 4.01. The molecule has 0 radical (unpaired) electrons. The second-order valence-corrected chi connectivity index (χ2v) is 6.14. The second-order valence-electron chi connectivity index (χ2n) is 6.14. The first kappa shape index (κ1) is 15.8. The van der Waals surface area contributed by atoms with Crippen LogP contribution in [-0.2, 0) is 15.9 Å². The van der Waals surface area contributed by atoms with Crippen LogP contribution in [0.3, 0.4) is 0 Å². The minimum Gasteiger partial charge on any atom is -0.463 e. The molecular weight excluding hydrogens is 276 g/mol. The zero-order valence-electron chi connectivity index (χ0n) is 12.6. The van der Waals surface area contributed by atoms with Crippen LogP contribution in [0.5, 0.6) is 0 Å². The van der Waals surface area contributed by atoms with E-state index in [-0.39, 0.29) is 11.7 Å².